The van der Waals surface area contributed by atoms with Crippen LogP contribution in [-0.4, -0.2) is 0 Å². The van der Waals surface area contributed by atoms with Crippen LogP contribution in [0.1, 0.15) is 22.3 Å². The van der Waals surface area contributed by atoms with Crippen molar-refractivity contribution in [2.45, 2.75) is 5.41 Å². The molecule has 15 aromatic carbocycles. The molecule has 0 saturated carbocycles. The lowest BCUT2D eigenvalue weighted by molar-refractivity contribution is 0.793. The van der Waals surface area contributed by atoms with Crippen LogP contribution in [0.2, 0.25) is 0 Å². The van der Waals surface area contributed by atoms with Gasteiger partial charge >= 0.3 is 0 Å². The van der Waals surface area contributed by atoms with Crippen molar-refractivity contribution in [3.05, 3.63) is 391 Å². The lowest BCUT2D eigenvalue weighted by Gasteiger charge is -2.35. The molecular formula is C89H62N4. The monoisotopic (exact) mass is 1190 g/mol. The van der Waals surface area contributed by atoms with E-state index in [9.17, 15) is 0 Å². The predicted octanol–water partition coefficient (Wildman–Crippen LogP) is 22.4. The second kappa shape index (κ2) is 22.7. The standard InChI is InChI=1S/C89H62N4/c1-3-85(73-42-20-16-27-61(73)2)90(65-34-8-4-9-35-65)69-49-53-77-78-54-50-70(91(66-36-10-5-11-37-66)86-46-24-31-62-28-17-21-43-74(62)86)58-82(78)89(81(77)57-69)83-59-71(92(67-38-12-6-13-39-67)87-47-25-32-63-29-18-22-44-75(63)87)51-55-79(83)80-56-52-72(60-84(80)89)93(68-40-14-7-15-41-68)88-48-26-33-64-30-19-23-45-76(64)88/h3-60H,1-2H2/b85-73+. The van der Waals surface area contributed by atoms with E-state index in [0.29, 0.717) is 0 Å². The van der Waals surface area contributed by atoms with E-state index in [4.69, 9.17) is 0 Å². The van der Waals surface area contributed by atoms with E-state index in [-0.39, 0.29) is 0 Å². The van der Waals surface area contributed by atoms with E-state index in [1.54, 1.807) is 0 Å². The third kappa shape index (κ3) is 8.98. The second-order valence-corrected chi connectivity index (χ2v) is 24.1. The van der Waals surface area contributed by atoms with Crippen LogP contribution in [0.25, 0.3) is 66.8 Å². The summed E-state index contributed by atoms with van der Waals surface area (Å²) in [5, 5.41) is 8.95. The van der Waals surface area contributed by atoms with Gasteiger partial charge in [0, 0.05) is 66.9 Å². The largest absolute Gasteiger partial charge is 0.310 e. The first kappa shape index (κ1) is 54.9. The number of benzene rings is 15. The molecule has 0 fully saturated rings. The van der Waals surface area contributed by atoms with Gasteiger partial charge in [0.15, 0.2) is 0 Å². The molecule has 2 aliphatic rings. The van der Waals surface area contributed by atoms with Crippen LogP contribution in [0.5, 0.6) is 0 Å². The number of nitrogens with zero attached hydrogens (tertiary/aromatic N) is 4. The molecule has 15 aromatic rings. The van der Waals surface area contributed by atoms with Crippen LogP contribution in [0.15, 0.2) is 358 Å². The molecule has 0 bridgehead atoms. The molecule has 438 valence electrons. The van der Waals surface area contributed by atoms with Gasteiger partial charge in [-0.2, -0.15) is 0 Å². The van der Waals surface area contributed by atoms with Gasteiger partial charge in [0.25, 0.3) is 0 Å². The summed E-state index contributed by atoms with van der Waals surface area (Å²) in [6.07, 6.45) is 1.99. The van der Waals surface area contributed by atoms with Crippen molar-refractivity contribution in [1.29, 1.82) is 0 Å². The first-order valence-electron chi connectivity index (χ1n) is 31.9. The second-order valence-electron chi connectivity index (χ2n) is 24.1. The predicted molar refractivity (Wildman–Crippen MR) is 393 cm³/mol. The Morgan fingerprint density at radius 3 is 0.935 bits per heavy atom. The quantitative estimate of drug-likeness (QED) is 0.114. The van der Waals surface area contributed by atoms with Gasteiger partial charge in [-0.1, -0.05) is 244 Å². The third-order valence-electron chi connectivity index (χ3n) is 19.0. The van der Waals surface area contributed by atoms with Crippen molar-refractivity contribution >= 4 is 107 Å². The van der Waals surface area contributed by atoms with Crippen LogP contribution in [0.3, 0.4) is 0 Å². The summed E-state index contributed by atoms with van der Waals surface area (Å²) in [5.74, 6) is 0. The van der Waals surface area contributed by atoms with E-state index in [2.05, 4.69) is 379 Å². The highest BCUT2D eigenvalue weighted by atomic mass is 15.2. The maximum atomic E-state index is 4.59. The van der Waals surface area contributed by atoms with Gasteiger partial charge in [-0.05, 0) is 187 Å². The molecule has 0 heterocycles. The summed E-state index contributed by atoms with van der Waals surface area (Å²) in [5.41, 5.74) is 21.1. The smallest absolute Gasteiger partial charge is 0.0728 e. The molecule has 17 rings (SSSR count). The molecule has 0 amide bonds. The molecule has 93 heavy (non-hydrogen) atoms. The minimum atomic E-state index is -0.947. The maximum absolute atomic E-state index is 4.59. The summed E-state index contributed by atoms with van der Waals surface area (Å²) < 4.78 is 0. The zero-order chi connectivity index (χ0) is 62.0. The number of para-hydroxylation sites is 4. The van der Waals surface area contributed by atoms with Crippen LogP contribution in [0, 0.1) is 0 Å². The zero-order valence-electron chi connectivity index (χ0n) is 51.2. The molecule has 0 unspecified atom stereocenters. The number of rotatable bonds is 13. The lowest BCUT2D eigenvalue weighted by Crippen LogP contribution is -2.31. The molecule has 0 aromatic heterocycles. The Kier molecular flexibility index (Phi) is 13.4. The van der Waals surface area contributed by atoms with Crippen LogP contribution >= 0.6 is 0 Å². The molecule has 4 heteroatoms. The summed E-state index contributed by atoms with van der Waals surface area (Å²) in [4.78, 5) is 9.75. The highest BCUT2D eigenvalue weighted by Gasteiger charge is 2.53. The fourth-order valence-corrected chi connectivity index (χ4v) is 15.1. The minimum Gasteiger partial charge on any atom is -0.310 e. The average molecular weight is 1190 g/mol. The van der Waals surface area contributed by atoms with E-state index < -0.39 is 5.41 Å². The Balaban J connectivity index is 1.01. The topological polar surface area (TPSA) is 13.0 Å². The zero-order valence-corrected chi connectivity index (χ0v) is 51.2. The number of fused-ring (bicyclic) bond motifs is 13. The van der Waals surface area contributed by atoms with Gasteiger partial charge in [0.05, 0.1) is 28.2 Å². The van der Waals surface area contributed by atoms with Crippen LogP contribution in [0.4, 0.5) is 62.6 Å². The van der Waals surface area contributed by atoms with Crippen molar-refractivity contribution < 1.29 is 0 Å². The fourth-order valence-electron chi connectivity index (χ4n) is 15.1. The van der Waals surface area contributed by atoms with Crippen molar-refractivity contribution in [3.63, 3.8) is 0 Å². The Labute approximate surface area is 542 Å². The Hall–Kier alpha value is -12.2. The molecule has 0 saturated heterocycles. The fraction of sp³-hybridized carbons (Fsp3) is 0.0112. The van der Waals surface area contributed by atoms with Gasteiger partial charge < -0.3 is 19.6 Å². The molecule has 0 atom stereocenters. The van der Waals surface area contributed by atoms with E-state index in [1.165, 1.54) is 76.8 Å². The van der Waals surface area contributed by atoms with Gasteiger partial charge in [-0.3, -0.25) is 0 Å². The maximum Gasteiger partial charge on any atom is 0.0728 e. The highest BCUT2D eigenvalue weighted by molar-refractivity contribution is 6.05. The van der Waals surface area contributed by atoms with Gasteiger partial charge in [0.2, 0.25) is 0 Å². The third-order valence-corrected chi connectivity index (χ3v) is 19.0. The molecule has 1 spiro atoms. The number of anilines is 11. The van der Waals surface area contributed by atoms with Crippen molar-refractivity contribution in [2.75, 3.05) is 19.6 Å². The molecule has 0 aliphatic heterocycles. The summed E-state index contributed by atoms with van der Waals surface area (Å²) >= 11 is 0. The number of hydrogen-bond acceptors (Lipinski definition) is 4. The Morgan fingerprint density at radius 2 is 0.570 bits per heavy atom. The average Bonchev–Trinajstić information content (AvgIpc) is 1.50. The number of hydrogen-bond donors (Lipinski definition) is 0. The van der Waals surface area contributed by atoms with E-state index in [0.717, 1.165) is 78.7 Å². The molecular weight excluding hydrogens is 1130 g/mol. The SMILES string of the molecule is C=C/C(=c1/ccccc1=C)N(c1ccccc1)c1ccc2c(c1)C1(c3cc(N(c4ccccc4)c4cccc5ccccc45)ccc3-2)c2cc(N(c3ccccc3)c3cccc4ccccc34)ccc2-c2ccc(N(c3ccccc3)c3cccc4ccccc34)cc21. The van der Waals surface area contributed by atoms with Crippen molar-refractivity contribution in [2.24, 2.45) is 0 Å². The molecule has 0 radical (unpaired) electrons. The summed E-state index contributed by atoms with van der Waals surface area (Å²) in [6, 6.07) is 127. The minimum absolute atomic E-state index is 0.919. The first-order valence-corrected chi connectivity index (χ1v) is 31.9. The Morgan fingerprint density at radius 1 is 0.269 bits per heavy atom. The first-order chi connectivity index (χ1) is 46.0. The van der Waals surface area contributed by atoms with Crippen LogP contribution in [-0.2, 0) is 5.41 Å². The lowest BCUT2D eigenvalue weighted by atomic mass is 9.70. The summed E-state index contributed by atoms with van der Waals surface area (Å²) in [6.45, 7) is 9.14. The highest BCUT2D eigenvalue weighted by Crippen LogP contribution is 2.66. The normalized spacial score (nSPS) is 12.6. The summed E-state index contributed by atoms with van der Waals surface area (Å²) in [7, 11) is 0. The van der Waals surface area contributed by atoms with E-state index in [1.807, 2.05) is 6.08 Å². The molecule has 0 N–H and O–H groups in total. The van der Waals surface area contributed by atoms with E-state index >= 15 is 0 Å². The molecule has 2 aliphatic carbocycles. The molecule has 4 nitrogen and oxygen atoms in total. The van der Waals surface area contributed by atoms with Gasteiger partial charge in [-0.25, -0.2) is 0 Å². The van der Waals surface area contributed by atoms with Crippen LogP contribution < -0.4 is 30.0 Å². The van der Waals surface area contributed by atoms with Crippen molar-refractivity contribution in [3.8, 4) is 22.3 Å². The van der Waals surface area contributed by atoms with Crippen molar-refractivity contribution in [1.82, 2.24) is 0 Å². The van der Waals surface area contributed by atoms with Gasteiger partial charge in [-0.15, -0.1) is 0 Å². The van der Waals surface area contributed by atoms with Gasteiger partial charge in [0.1, 0.15) is 0 Å². The Bertz CT molecular complexity index is 5150.